The van der Waals surface area contributed by atoms with Gasteiger partial charge in [-0.2, -0.15) is 0 Å². The SMILES string of the molecule is CCCCCCCC(CC)S(=O)(=O)c1ccccc1C(=O)OC. The average molecular weight is 340 g/mol. The fourth-order valence-corrected chi connectivity index (χ4v) is 4.73. The number of carbonyl (C=O) groups excluding carboxylic acids is 1. The van der Waals surface area contributed by atoms with Gasteiger partial charge in [-0.25, -0.2) is 13.2 Å². The molecule has 0 fully saturated rings. The number of rotatable bonds is 10. The summed E-state index contributed by atoms with van der Waals surface area (Å²) in [6.45, 7) is 4.04. The minimum atomic E-state index is -3.53. The molecule has 0 aliphatic carbocycles. The molecule has 23 heavy (non-hydrogen) atoms. The van der Waals surface area contributed by atoms with E-state index in [0.717, 1.165) is 19.3 Å². The standard InChI is InChI=1S/C18H28O4S/c1-4-6-7-8-9-12-15(5-2)23(20,21)17-14-11-10-13-16(17)18(19)22-3/h10-11,13-15H,4-9,12H2,1-3H3. The number of hydrogen-bond acceptors (Lipinski definition) is 4. The molecule has 0 radical (unpaired) electrons. The van der Waals surface area contributed by atoms with Crippen LogP contribution in [0.2, 0.25) is 0 Å². The number of benzene rings is 1. The molecule has 1 rings (SSSR count). The molecular weight excluding hydrogens is 312 g/mol. The molecule has 130 valence electrons. The Balaban J connectivity index is 2.93. The van der Waals surface area contributed by atoms with Crippen LogP contribution in [0, 0.1) is 0 Å². The molecular formula is C18H28O4S. The summed E-state index contributed by atoms with van der Waals surface area (Å²) >= 11 is 0. The fourth-order valence-electron chi connectivity index (χ4n) is 2.73. The lowest BCUT2D eigenvalue weighted by molar-refractivity contribution is 0.0596. The average Bonchev–Trinajstić information content (AvgIpc) is 2.57. The number of hydrogen-bond donors (Lipinski definition) is 0. The molecule has 1 atom stereocenters. The van der Waals surface area contributed by atoms with Gasteiger partial charge in [0.2, 0.25) is 0 Å². The summed E-state index contributed by atoms with van der Waals surface area (Å²) in [5, 5.41) is -0.449. The second-order valence-corrected chi connectivity index (χ2v) is 7.96. The zero-order valence-corrected chi connectivity index (χ0v) is 15.2. The van der Waals surface area contributed by atoms with Gasteiger partial charge in [0, 0.05) is 0 Å². The van der Waals surface area contributed by atoms with E-state index in [9.17, 15) is 13.2 Å². The summed E-state index contributed by atoms with van der Waals surface area (Å²) in [6, 6.07) is 6.30. The van der Waals surface area contributed by atoms with Crippen LogP contribution in [0.4, 0.5) is 0 Å². The summed E-state index contributed by atoms with van der Waals surface area (Å²) in [7, 11) is -2.27. The van der Waals surface area contributed by atoms with Crippen molar-refractivity contribution in [2.24, 2.45) is 0 Å². The van der Waals surface area contributed by atoms with E-state index in [2.05, 4.69) is 6.92 Å². The predicted molar refractivity (Wildman–Crippen MR) is 92.4 cm³/mol. The lowest BCUT2D eigenvalue weighted by Crippen LogP contribution is -2.23. The third kappa shape index (κ3) is 5.34. The van der Waals surface area contributed by atoms with Gasteiger partial charge in [-0.05, 0) is 25.0 Å². The van der Waals surface area contributed by atoms with Crippen LogP contribution in [0.15, 0.2) is 29.2 Å². The van der Waals surface area contributed by atoms with Gasteiger partial charge in [-0.1, -0.05) is 58.1 Å². The van der Waals surface area contributed by atoms with E-state index >= 15 is 0 Å². The van der Waals surface area contributed by atoms with Gasteiger partial charge >= 0.3 is 5.97 Å². The van der Waals surface area contributed by atoms with Gasteiger partial charge in [-0.3, -0.25) is 0 Å². The molecule has 1 aromatic carbocycles. The van der Waals surface area contributed by atoms with Crippen molar-refractivity contribution in [2.75, 3.05) is 7.11 Å². The van der Waals surface area contributed by atoms with Gasteiger partial charge < -0.3 is 4.74 Å². The molecule has 0 aromatic heterocycles. The van der Waals surface area contributed by atoms with Crippen LogP contribution in [0.3, 0.4) is 0 Å². The van der Waals surface area contributed by atoms with E-state index in [-0.39, 0.29) is 10.5 Å². The maximum Gasteiger partial charge on any atom is 0.339 e. The first-order valence-corrected chi connectivity index (χ1v) is 9.94. The molecule has 5 heteroatoms. The highest BCUT2D eigenvalue weighted by Crippen LogP contribution is 2.26. The Morgan fingerprint density at radius 1 is 1.09 bits per heavy atom. The predicted octanol–water partition coefficient (Wildman–Crippen LogP) is 4.39. The van der Waals surface area contributed by atoms with Crippen molar-refractivity contribution in [3.8, 4) is 0 Å². The van der Waals surface area contributed by atoms with Crippen LogP contribution >= 0.6 is 0 Å². The second kappa shape index (κ2) is 9.71. The van der Waals surface area contributed by atoms with Crippen LogP contribution in [-0.4, -0.2) is 26.7 Å². The Kier molecular flexibility index (Phi) is 8.31. The molecule has 1 unspecified atom stereocenters. The zero-order chi connectivity index (χ0) is 17.3. The summed E-state index contributed by atoms with van der Waals surface area (Å²) in [4.78, 5) is 11.9. The van der Waals surface area contributed by atoms with Crippen molar-refractivity contribution in [1.29, 1.82) is 0 Å². The normalized spacial score (nSPS) is 12.8. The molecule has 0 saturated carbocycles. The third-order valence-corrected chi connectivity index (χ3v) is 6.54. The largest absolute Gasteiger partial charge is 0.465 e. The lowest BCUT2D eigenvalue weighted by Gasteiger charge is -2.17. The van der Waals surface area contributed by atoms with Crippen LogP contribution in [0.1, 0.15) is 69.2 Å². The van der Waals surface area contributed by atoms with Crippen LogP contribution in [0.5, 0.6) is 0 Å². The highest BCUT2D eigenvalue weighted by molar-refractivity contribution is 7.92. The van der Waals surface area contributed by atoms with E-state index in [1.165, 1.54) is 32.1 Å². The van der Waals surface area contributed by atoms with Crippen LogP contribution in [0.25, 0.3) is 0 Å². The Hall–Kier alpha value is -1.36. The molecule has 1 aromatic rings. The van der Waals surface area contributed by atoms with E-state index < -0.39 is 21.1 Å². The molecule has 0 heterocycles. The Labute approximate surface area is 140 Å². The lowest BCUT2D eigenvalue weighted by atomic mass is 10.1. The minimum absolute atomic E-state index is 0.0901. The first-order valence-electron chi connectivity index (χ1n) is 8.40. The minimum Gasteiger partial charge on any atom is -0.465 e. The first-order chi connectivity index (χ1) is 11.0. The smallest absolute Gasteiger partial charge is 0.339 e. The quantitative estimate of drug-likeness (QED) is 0.468. The maximum absolute atomic E-state index is 12.9. The van der Waals surface area contributed by atoms with E-state index in [0.29, 0.717) is 12.8 Å². The van der Waals surface area contributed by atoms with Gasteiger partial charge in [0.25, 0.3) is 0 Å². The molecule has 0 saturated heterocycles. The van der Waals surface area contributed by atoms with Crippen molar-refractivity contribution < 1.29 is 17.9 Å². The number of esters is 1. The first kappa shape index (κ1) is 19.7. The number of unbranched alkanes of at least 4 members (excludes halogenated alkanes) is 4. The van der Waals surface area contributed by atoms with Gasteiger partial charge in [0.15, 0.2) is 9.84 Å². The summed E-state index contributed by atoms with van der Waals surface area (Å²) in [6.07, 6.45) is 6.64. The molecule has 0 bridgehead atoms. The topological polar surface area (TPSA) is 60.4 Å². The number of carbonyl (C=O) groups is 1. The van der Waals surface area contributed by atoms with Gasteiger partial charge in [-0.15, -0.1) is 0 Å². The Bertz CT molecular complexity index is 593. The van der Waals surface area contributed by atoms with E-state index in [4.69, 9.17) is 4.74 Å². The monoisotopic (exact) mass is 340 g/mol. The third-order valence-electron chi connectivity index (χ3n) is 4.12. The molecule has 0 N–H and O–H groups in total. The van der Waals surface area contributed by atoms with Gasteiger partial charge in [0.05, 0.1) is 22.8 Å². The summed E-state index contributed by atoms with van der Waals surface area (Å²) in [5.74, 6) is -0.609. The number of sulfone groups is 1. The molecule has 0 amide bonds. The highest BCUT2D eigenvalue weighted by Gasteiger charge is 2.29. The Morgan fingerprint density at radius 2 is 1.74 bits per heavy atom. The number of methoxy groups -OCH3 is 1. The second-order valence-electron chi connectivity index (χ2n) is 5.77. The number of ether oxygens (including phenoxy) is 1. The van der Waals surface area contributed by atoms with Crippen molar-refractivity contribution in [3.05, 3.63) is 29.8 Å². The summed E-state index contributed by atoms with van der Waals surface area (Å²) in [5.41, 5.74) is 0.124. The van der Waals surface area contributed by atoms with Crippen LogP contribution < -0.4 is 0 Å². The highest BCUT2D eigenvalue weighted by atomic mass is 32.2. The van der Waals surface area contributed by atoms with E-state index in [1.807, 2.05) is 6.92 Å². The molecule has 0 aliphatic heterocycles. The molecule has 0 spiro atoms. The van der Waals surface area contributed by atoms with Crippen molar-refractivity contribution >= 4 is 15.8 Å². The summed E-state index contributed by atoms with van der Waals surface area (Å²) < 4.78 is 30.5. The van der Waals surface area contributed by atoms with Gasteiger partial charge in [0.1, 0.15) is 0 Å². The molecule has 0 aliphatic rings. The zero-order valence-electron chi connectivity index (χ0n) is 14.4. The molecule has 4 nitrogen and oxygen atoms in total. The van der Waals surface area contributed by atoms with Crippen LogP contribution in [-0.2, 0) is 14.6 Å². The van der Waals surface area contributed by atoms with E-state index in [1.54, 1.807) is 12.1 Å². The van der Waals surface area contributed by atoms with Crippen molar-refractivity contribution in [2.45, 2.75) is 68.9 Å². The fraction of sp³-hybridized carbons (Fsp3) is 0.611. The van der Waals surface area contributed by atoms with Crippen molar-refractivity contribution in [1.82, 2.24) is 0 Å². The Morgan fingerprint density at radius 3 is 2.35 bits per heavy atom. The maximum atomic E-state index is 12.9. The van der Waals surface area contributed by atoms with Crippen molar-refractivity contribution in [3.63, 3.8) is 0 Å².